The Morgan fingerprint density at radius 1 is 1.11 bits per heavy atom. The van der Waals surface area contributed by atoms with Crippen LogP contribution >= 0.6 is 0 Å². The van der Waals surface area contributed by atoms with Crippen LogP contribution in [-0.2, 0) is 20.8 Å². The maximum absolute atomic E-state index is 15.1. The minimum atomic E-state index is -5.19. The van der Waals surface area contributed by atoms with Gasteiger partial charge in [-0.3, -0.25) is 9.59 Å². The molecule has 0 spiro atoms. The zero-order valence-electron chi connectivity index (χ0n) is 19.4. The minimum absolute atomic E-state index is 0.0294. The number of nitrogens with zero attached hydrogens (tertiary/aromatic N) is 1. The molecule has 2 aliphatic rings. The lowest BCUT2D eigenvalue weighted by Crippen LogP contribution is -2.60. The highest BCUT2D eigenvalue weighted by Gasteiger charge is 2.61. The van der Waals surface area contributed by atoms with Gasteiger partial charge in [0.2, 0.25) is 5.91 Å². The molecule has 2 aromatic rings. The molecule has 2 N–H and O–H groups in total. The number of benzene rings is 2. The Balaban J connectivity index is 1.88. The molecule has 1 aliphatic carbocycles. The lowest BCUT2D eigenvalue weighted by Gasteiger charge is -2.42. The number of hydrogen-bond acceptors (Lipinski definition) is 4. The van der Waals surface area contributed by atoms with Crippen molar-refractivity contribution in [2.45, 2.75) is 48.0 Å². The van der Waals surface area contributed by atoms with Crippen LogP contribution in [0.25, 0.3) is 0 Å². The van der Waals surface area contributed by atoms with Gasteiger partial charge in [0, 0.05) is 24.2 Å². The topological polar surface area (TPSA) is 97.5 Å². The number of carbonyl (C=O) groups is 2. The van der Waals surface area contributed by atoms with Crippen LogP contribution in [0.4, 0.5) is 26.3 Å². The van der Waals surface area contributed by atoms with Crippen molar-refractivity contribution >= 4 is 21.7 Å². The van der Waals surface area contributed by atoms with Crippen molar-refractivity contribution in [1.82, 2.24) is 4.90 Å². The number of sulfone groups is 1. The number of rotatable bonds is 6. The Labute approximate surface area is 208 Å². The Kier molecular flexibility index (Phi) is 6.58. The number of likely N-dealkylation sites (tertiary alicyclic amines) is 1. The number of alkyl halides is 4. The van der Waals surface area contributed by atoms with E-state index in [0.29, 0.717) is 18.9 Å². The van der Waals surface area contributed by atoms with Crippen LogP contribution in [0.2, 0.25) is 0 Å². The number of primary amides is 1. The summed E-state index contributed by atoms with van der Waals surface area (Å²) in [4.78, 5) is 27.1. The molecule has 2 aromatic carbocycles. The highest BCUT2D eigenvalue weighted by atomic mass is 32.2. The molecule has 4 rings (SSSR count). The van der Waals surface area contributed by atoms with Crippen molar-refractivity contribution in [3.8, 4) is 0 Å². The van der Waals surface area contributed by atoms with E-state index in [0.717, 1.165) is 17.2 Å². The van der Waals surface area contributed by atoms with E-state index in [1.54, 1.807) is 0 Å². The van der Waals surface area contributed by atoms with Crippen LogP contribution in [0.3, 0.4) is 0 Å². The van der Waals surface area contributed by atoms with Crippen molar-refractivity contribution in [3.05, 3.63) is 64.7 Å². The first-order valence-corrected chi connectivity index (χ1v) is 13.1. The molecule has 1 unspecified atom stereocenters. The van der Waals surface area contributed by atoms with Gasteiger partial charge in [-0.25, -0.2) is 21.6 Å². The molecular weight excluding hydrogens is 526 g/mol. The molecule has 2 fully saturated rings. The number of carbonyl (C=O) groups excluding carboxylic acids is 2. The zero-order valence-corrected chi connectivity index (χ0v) is 20.2. The van der Waals surface area contributed by atoms with Gasteiger partial charge in [0.15, 0.2) is 9.84 Å². The number of nitrogens with two attached hydrogens (primary N) is 1. The van der Waals surface area contributed by atoms with Crippen LogP contribution in [-0.4, -0.2) is 49.6 Å². The number of hydrogen-bond donors (Lipinski definition) is 1. The van der Waals surface area contributed by atoms with Gasteiger partial charge in [-0.05, 0) is 54.7 Å². The second-order valence-corrected chi connectivity index (χ2v) is 11.5. The second-order valence-electron chi connectivity index (χ2n) is 9.47. The third-order valence-electron chi connectivity index (χ3n) is 6.91. The van der Waals surface area contributed by atoms with Gasteiger partial charge in [0.1, 0.15) is 23.3 Å². The van der Waals surface area contributed by atoms with Gasteiger partial charge in [-0.1, -0.05) is 6.07 Å². The zero-order chi connectivity index (χ0) is 27.5. The summed E-state index contributed by atoms with van der Waals surface area (Å²) in [6.45, 7) is -0.668. The SMILES string of the molecule is CS(=O)(=O)c1cccc(C(=O)N2CC(F)C[C@@]2(C(N)=O)[C@@H](c2cc(F)c(C(F)(F)F)cc2F)C2CC2)c1. The predicted molar refractivity (Wildman–Crippen MR) is 119 cm³/mol. The monoisotopic (exact) mass is 548 g/mol. The fourth-order valence-electron chi connectivity index (χ4n) is 5.18. The van der Waals surface area contributed by atoms with Crippen molar-refractivity contribution in [3.63, 3.8) is 0 Å². The van der Waals surface area contributed by atoms with E-state index in [9.17, 15) is 40.0 Å². The van der Waals surface area contributed by atoms with E-state index in [-0.39, 0.29) is 16.5 Å². The van der Waals surface area contributed by atoms with Crippen LogP contribution < -0.4 is 5.73 Å². The summed E-state index contributed by atoms with van der Waals surface area (Å²) in [6, 6.07) is 5.05. The maximum Gasteiger partial charge on any atom is 0.419 e. The maximum atomic E-state index is 15.1. The third kappa shape index (κ3) is 4.80. The quantitative estimate of drug-likeness (QED) is 0.553. The average molecular weight is 549 g/mol. The van der Waals surface area contributed by atoms with Gasteiger partial charge in [0.25, 0.3) is 5.91 Å². The largest absolute Gasteiger partial charge is 0.419 e. The fraction of sp³-hybridized carbons (Fsp3) is 0.417. The first-order chi connectivity index (χ1) is 17.1. The minimum Gasteiger partial charge on any atom is -0.368 e. The Bertz CT molecular complexity index is 1380. The molecule has 37 heavy (non-hydrogen) atoms. The highest BCUT2D eigenvalue weighted by molar-refractivity contribution is 7.90. The van der Waals surface area contributed by atoms with Crippen LogP contribution in [0.5, 0.6) is 0 Å². The van der Waals surface area contributed by atoms with E-state index in [2.05, 4.69) is 0 Å². The summed E-state index contributed by atoms with van der Waals surface area (Å²) in [7, 11) is -3.75. The summed E-state index contributed by atoms with van der Waals surface area (Å²) < 4.78 is 108. The van der Waals surface area contributed by atoms with E-state index >= 15 is 4.39 Å². The van der Waals surface area contributed by atoms with Gasteiger partial charge in [-0.2, -0.15) is 13.2 Å². The lowest BCUT2D eigenvalue weighted by atomic mass is 9.73. The highest BCUT2D eigenvalue weighted by Crippen LogP contribution is 2.55. The predicted octanol–water partition coefficient (Wildman–Crippen LogP) is 3.99. The average Bonchev–Trinajstić information content (AvgIpc) is 3.56. The van der Waals surface area contributed by atoms with Crippen LogP contribution in [0.15, 0.2) is 41.3 Å². The molecule has 2 amide bonds. The first-order valence-electron chi connectivity index (χ1n) is 11.2. The van der Waals surface area contributed by atoms with Gasteiger partial charge in [-0.15, -0.1) is 0 Å². The molecule has 0 aromatic heterocycles. The Morgan fingerprint density at radius 3 is 2.30 bits per heavy atom. The number of halogens is 6. The van der Waals surface area contributed by atoms with E-state index in [1.807, 2.05) is 0 Å². The van der Waals surface area contributed by atoms with Crippen LogP contribution in [0.1, 0.15) is 46.7 Å². The summed E-state index contributed by atoms with van der Waals surface area (Å²) in [6.07, 6.45) is -6.09. The van der Waals surface area contributed by atoms with Crippen molar-refractivity contribution in [2.24, 2.45) is 11.7 Å². The lowest BCUT2D eigenvalue weighted by molar-refractivity contribution is -0.140. The normalized spacial score (nSPS) is 23.2. The molecule has 13 heteroatoms. The first kappa shape index (κ1) is 27.0. The summed E-state index contributed by atoms with van der Waals surface area (Å²) in [5.41, 5.74) is 0.758. The molecule has 1 heterocycles. The molecule has 1 aliphatic heterocycles. The Hall–Kier alpha value is -3.09. The molecule has 1 saturated carbocycles. The Morgan fingerprint density at radius 2 is 1.76 bits per heavy atom. The van der Waals surface area contributed by atoms with Crippen molar-refractivity contribution in [2.75, 3.05) is 12.8 Å². The molecule has 3 atom stereocenters. The van der Waals surface area contributed by atoms with Crippen LogP contribution in [0, 0.1) is 17.6 Å². The van der Waals surface area contributed by atoms with Crippen molar-refractivity contribution in [1.29, 1.82) is 0 Å². The van der Waals surface area contributed by atoms with Crippen molar-refractivity contribution < 1.29 is 44.3 Å². The summed E-state index contributed by atoms with van der Waals surface area (Å²) in [5.74, 6) is -7.52. The van der Waals surface area contributed by atoms with Gasteiger partial charge < -0.3 is 10.6 Å². The summed E-state index contributed by atoms with van der Waals surface area (Å²) >= 11 is 0. The summed E-state index contributed by atoms with van der Waals surface area (Å²) in [5, 5.41) is 0. The molecule has 6 nitrogen and oxygen atoms in total. The molecule has 0 radical (unpaired) electrons. The van der Waals surface area contributed by atoms with Gasteiger partial charge in [0.05, 0.1) is 17.0 Å². The third-order valence-corrected chi connectivity index (χ3v) is 8.02. The smallest absolute Gasteiger partial charge is 0.368 e. The van der Waals surface area contributed by atoms with Gasteiger partial charge >= 0.3 is 6.18 Å². The van der Waals surface area contributed by atoms with E-state index in [1.165, 1.54) is 18.2 Å². The molecule has 200 valence electrons. The standard InChI is InChI=1S/C24H22F6N2O4S/c1-37(35,36)15-4-2-3-13(7-15)21(33)32-11-14(25)10-23(32,22(31)34)20(12-5-6-12)16-8-19(27)17(9-18(16)26)24(28,29)30/h2-4,7-9,12,14,20H,5-6,10-11H2,1H3,(H2,31,34)/t14?,20-,23+/m1/s1. The molecular formula is C24H22F6N2O4S. The molecule has 1 saturated heterocycles. The number of amides is 2. The fourth-order valence-corrected chi connectivity index (χ4v) is 5.85. The van der Waals surface area contributed by atoms with E-state index < -0.39 is 87.1 Å². The second kappa shape index (κ2) is 9.03. The van der Waals surface area contributed by atoms with E-state index in [4.69, 9.17) is 5.73 Å². The molecule has 0 bridgehead atoms.